The summed E-state index contributed by atoms with van der Waals surface area (Å²) in [5.74, 6) is -0.835. The van der Waals surface area contributed by atoms with Crippen LogP contribution in [0.4, 0.5) is 0 Å². The third-order valence-corrected chi connectivity index (χ3v) is 5.85. The predicted octanol–water partition coefficient (Wildman–Crippen LogP) is 7.87. The average molecular weight is 507 g/mol. The highest BCUT2D eigenvalue weighted by atomic mass is 16.4. The van der Waals surface area contributed by atoms with E-state index in [1.165, 1.54) is 6.20 Å². The summed E-state index contributed by atoms with van der Waals surface area (Å²) in [6.45, 7) is 5.50. The van der Waals surface area contributed by atoms with Gasteiger partial charge in [0.1, 0.15) is 0 Å². The Balaban J connectivity index is 2.28. The highest BCUT2D eigenvalue weighted by Crippen LogP contribution is 2.11. The van der Waals surface area contributed by atoms with Gasteiger partial charge in [-0.05, 0) is 69.4 Å². The minimum absolute atomic E-state index is 0.145. The molecule has 0 aliphatic heterocycles. The first-order chi connectivity index (χ1) is 18.1. The lowest BCUT2D eigenvalue weighted by Gasteiger charge is -2.23. The minimum Gasteiger partial charge on any atom is -0.478 e. The van der Waals surface area contributed by atoms with Gasteiger partial charge in [-0.1, -0.05) is 81.0 Å². The van der Waals surface area contributed by atoms with E-state index in [-0.39, 0.29) is 11.5 Å². The number of aromatic nitrogens is 1. The molecule has 5 heteroatoms. The third kappa shape index (κ3) is 16.2. The van der Waals surface area contributed by atoms with Crippen molar-refractivity contribution in [2.75, 3.05) is 13.1 Å². The van der Waals surface area contributed by atoms with E-state index in [4.69, 9.17) is 0 Å². The van der Waals surface area contributed by atoms with Gasteiger partial charge in [-0.2, -0.15) is 0 Å². The summed E-state index contributed by atoms with van der Waals surface area (Å²) < 4.78 is 0. The molecule has 1 heterocycles. The van der Waals surface area contributed by atoms with E-state index in [9.17, 15) is 14.7 Å². The highest BCUT2D eigenvalue weighted by Gasteiger charge is 2.15. The SMILES string of the molecule is CCC=CCC=CCC=CCC=CCC=CCCCC(=O)N(CCCC)CCc1ccncc1C(=O)O. The molecule has 0 bridgehead atoms. The molecule has 0 saturated carbocycles. The Morgan fingerprint density at radius 2 is 1.43 bits per heavy atom. The second-order valence-corrected chi connectivity index (χ2v) is 8.92. The predicted molar refractivity (Wildman–Crippen MR) is 155 cm³/mol. The van der Waals surface area contributed by atoms with Gasteiger partial charge in [0.25, 0.3) is 0 Å². The van der Waals surface area contributed by atoms with Gasteiger partial charge in [0, 0.05) is 31.9 Å². The van der Waals surface area contributed by atoms with Crippen molar-refractivity contribution in [3.8, 4) is 0 Å². The molecule has 202 valence electrons. The molecule has 37 heavy (non-hydrogen) atoms. The molecule has 0 unspecified atom stereocenters. The molecule has 1 aromatic rings. The molecular weight excluding hydrogens is 460 g/mol. The molecule has 0 fully saturated rings. The van der Waals surface area contributed by atoms with Crippen LogP contribution in [0.15, 0.2) is 79.2 Å². The summed E-state index contributed by atoms with van der Waals surface area (Å²) >= 11 is 0. The topological polar surface area (TPSA) is 70.5 Å². The van der Waals surface area contributed by atoms with Crippen LogP contribution in [-0.4, -0.2) is 40.0 Å². The maximum Gasteiger partial charge on any atom is 0.337 e. The summed E-state index contributed by atoms with van der Waals surface area (Å²) in [6, 6.07) is 1.73. The third-order valence-electron chi connectivity index (χ3n) is 5.85. The van der Waals surface area contributed by atoms with Crippen molar-refractivity contribution in [1.82, 2.24) is 9.88 Å². The number of allylic oxidation sites excluding steroid dienone is 10. The molecule has 0 saturated heterocycles. The molecule has 0 spiro atoms. The molecule has 0 aromatic carbocycles. The quantitative estimate of drug-likeness (QED) is 0.144. The normalized spacial score (nSPS) is 12.2. The van der Waals surface area contributed by atoms with E-state index < -0.39 is 5.97 Å². The van der Waals surface area contributed by atoms with Crippen LogP contribution in [0.2, 0.25) is 0 Å². The molecule has 1 amide bonds. The fraction of sp³-hybridized carbons (Fsp3) is 0.469. The number of hydrogen-bond donors (Lipinski definition) is 1. The van der Waals surface area contributed by atoms with Crippen LogP contribution in [0.1, 0.15) is 94.0 Å². The monoisotopic (exact) mass is 506 g/mol. The maximum absolute atomic E-state index is 12.8. The first-order valence-electron chi connectivity index (χ1n) is 13.8. The number of amides is 1. The number of carbonyl (C=O) groups is 2. The van der Waals surface area contributed by atoms with E-state index in [1.54, 1.807) is 12.3 Å². The second kappa shape index (κ2) is 22.0. The summed E-state index contributed by atoms with van der Waals surface area (Å²) in [5.41, 5.74) is 0.930. The Labute approximate surface area is 224 Å². The number of aromatic carboxylic acids is 1. The number of pyridine rings is 1. The molecule has 0 radical (unpaired) electrons. The van der Waals surface area contributed by atoms with Crippen LogP contribution in [-0.2, 0) is 11.2 Å². The number of carbonyl (C=O) groups excluding carboxylic acids is 1. The molecular formula is C32H46N2O3. The number of carboxylic acids is 1. The zero-order valence-electron chi connectivity index (χ0n) is 22.9. The maximum atomic E-state index is 12.8. The summed E-state index contributed by atoms with van der Waals surface area (Å²) in [4.78, 5) is 30.0. The van der Waals surface area contributed by atoms with Crippen LogP contribution in [0.3, 0.4) is 0 Å². The molecule has 1 aromatic heterocycles. The Morgan fingerprint density at radius 3 is 2.00 bits per heavy atom. The Hall–Kier alpha value is -3.21. The van der Waals surface area contributed by atoms with Crippen LogP contribution in [0, 0.1) is 0 Å². The number of carboxylic acid groups (broad SMARTS) is 1. The molecule has 0 atom stereocenters. The molecule has 0 aliphatic rings. The van der Waals surface area contributed by atoms with Crippen LogP contribution in [0.25, 0.3) is 0 Å². The largest absolute Gasteiger partial charge is 0.478 e. The number of nitrogens with zero attached hydrogens (tertiary/aromatic N) is 2. The molecule has 5 nitrogen and oxygen atoms in total. The number of unbranched alkanes of at least 4 members (excludes halogenated alkanes) is 2. The molecule has 0 aliphatic carbocycles. The lowest BCUT2D eigenvalue weighted by molar-refractivity contribution is -0.131. The molecule has 1 rings (SSSR count). The van der Waals surface area contributed by atoms with Gasteiger partial charge in [0.05, 0.1) is 5.56 Å². The van der Waals surface area contributed by atoms with Crippen molar-refractivity contribution in [2.45, 2.75) is 84.5 Å². The van der Waals surface area contributed by atoms with Crippen molar-refractivity contribution in [1.29, 1.82) is 0 Å². The van der Waals surface area contributed by atoms with Gasteiger partial charge < -0.3 is 10.0 Å². The van der Waals surface area contributed by atoms with Crippen molar-refractivity contribution >= 4 is 11.9 Å². The molecule has 1 N–H and O–H groups in total. The van der Waals surface area contributed by atoms with Crippen LogP contribution >= 0.6 is 0 Å². The van der Waals surface area contributed by atoms with Gasteiger partial charge in [0.15, 0.2) is 0 Å². The van der Waals surface area contributed by atoms with Crippen molar-refractivity contribution < 1.29 is 14.7 Å². The average Bonchev–Trinajstić information content (AvgIpc) is 2.90. The summed E-state index contributed by atoms with van der Waals surface area (Å²) in [5, 5.41) is 9.36. The first-order valence-corrected chi connectivity index (χ1v) is 13.8. The minimum atomic E-state index is -0.980. The Morgan fingerprint density at radius 1 is 0.838 bits per heavy atom. The van der Waals surface area contributed by atoms with E-state index in [0.717, 1.165) is 63.4 Å². The van der Waals surface area contributed by atoms with Crippen LogP contribution < -0.4 is 0 Å². The van der Waals surface area contributed by atoms with Crippen molar-refractivity contribution in [2.24, 2.45) is 0 Å². The van der Waals surface area contributed by atoms with E-state index in [1.807, 2.05) is 4.90 Å². The summed E-state index contributed by atoms with van der Waals surface area (Å²) in [6.07, 6.45) is 34.5. The fourth-order valence-electron chi connectivity index (χ4n) is 3.70. The van der Waals surface area contributed by atoms with E-state index in [2.05, 4.69) is 79.6 Å². The standard InChI is InChI=1S/C32H46N2O3/c1-3-5-7-8-9-10-11-12-13-14-15-16-17-18-19-20-21-22-31(35)34(26-6-4-2)27-24-29-23-25-33-28-30(29)32(36)37/h5,7,9-10,12-13,15-16,18-19,23,25,28H,3-4,6,8,11,14,17,20-22,24,26-27H2,1-2H3,(H,36,37). The lowest BCUT2D eigenvalue weighted by atomic mass is 10.1. The lowest BCUT2D eigenvalue weighted by Crippen LogP contribution is -2.34. The van der Waals surface area contributed by atoms with Crippen molar-refractivity contribution in [3.63, 3.8) is 0 Å². The van der Waals surface area contributed by atoms with E-state index >= 15 is 0 Å². The highest BCUT2D eigenvalue weighted by molar-refractivity contribution is 5.89. The second-order valence-electron chi connectivity index (χ2n) is 8.92. The fourth-order valence-corrected chi connectivity index (χ4v) is 3.70. The number of hydrogen-bond acceptors (Lipinski definition) is 3. The summed E-state index contributed by atoms with van der Waals surface area (Å²) in [7, 11) is 0. The Bertz CT molecular complexity index is 912. The zero-order valence-corrected chi connectivity index (χ0v) is 22.9. The van der Waals surface area contributed by atoms with Gasteiger partial charge >= 0.3 is 5.97 Å². The van der Waals surface area contributed by atoms with Crippen LogP contribution in [0.5, 0.6) is 0 Å². The zero-order chi connectivity index (χ0) is 27.0. The Kier molecular flexibility index (Phi) is 18.9. The smallest absolute Gasteiger partial charge is 0.337 e. The number of rotatable bonds is 20. The van der Waals surface area contributed by atoms with E-state index in [0.29, 0.717) is 25.9 Å². The van der Waals surface area contributed by atoms with Gasteiger partial charge in [-0.3, -0.25) is 9.78 Å². The van der Waals surface area contributed by atoms with Gasteiger partial charge in [0.2, 0.25) is 5.91 Å². The first kappa shape index (κ1) is 31.8. The van der Waals surface area contributed by atoms with Crippen molar-refractivity contribution in [3.05, 3.63) is 90.3 Å². The van der Waals surface area contributed by atoms with Gasteiger partial charge in [-0.15, -0.1) is 0 Å². The van der Waals surface area contributed by atoms with Gasteiger partial charge in [-0.25, -0.2) is 4.79 Å².